The van der Waals surface area contributed by atoms with Crippen molar-refractivity contribution in [3.05, 3.63) is 22.2 Å². The van der Waals surface area contributed by atoms with E-state index in [0.29, 0.717) is 6.04 Å². The van der Waals surface area contributed by atoms with Gasteiger partial charge in [-0.2, -0.15) is 0 Å². The highest BCUT2D eigenvalue weighted by Crippen LogP contribution is 2.41. The van der Waals surface area contributed by atoms with E-state index in [9.17, 15) is 0 Å². The Bertz CT molecular complexity index is 376. The molecule has 1 unspecified atom stereocenters. The van der Waals surface area contributed by atoms with E-state index in [2.05, 4.69) is 27.3 Å². The van der Waals surface area contributed by atoms with Gasteiger partial charge in [-0.05, 0) is 47.4 Å². The molecule has 0 amide bonds. The van der Waals surface area contributed by atoms with Crippen LogP contribution >= 0.6 is 15.9 Å². The summed E-state index contributed by atoms with van der Waals surface area (Å²) in [4.78, 5) is 0. The molecule has 16 heavy (non-hydrogen) atoms. The Morgan fingerprint density at radius 3 is 2.69 bits per heavy atom. The predicted octanol–water partition coefficient (Wildman–Crippen LogP) is 2.89. The van der Waals surface area contributed by atoms with Crippen LogP contribution in [0.4, 0.5) is 0 Å². The van der Waals surface area contributed by atoms with Crippen LogP contribution in [-0.2, 0) is 0 Å². The maximum Gasteiger partial charge on any atom is 0.141 e. The first-order valence-corrected chi connectivity index (χ1v) is 6.21. The summed E-state index contributed by atoms with van der Waals surface area (Å²) in [6.07, 6.45) is 2.38. The number of hydrogen-bond acceptors (Lipinski definition) is 3. The fourth-order valence-electron chi connectivity index (χ4n) is 2.14. The minimum absolute atomic E-state index is 0.400. The number of methoxy groups -OCH3 is 2. The van der Waals surface area contributed by atoms with Gasteiger partial charge in [0.2, 0.25) is 0 Å². The smallest absolute Gasteiger partial charge is 0.141 e. The van der Waals surface area contributed by atoms with E-state index in [4.69, 9.17) is 9.47 Å². The summed E-state index contributed by atoms with van der Waals surface area (Å²) in [5, 5.41) is 3.47. The van der Waals surface area contributed by atoms with Crippen molar-refractivity contribution in [2.24, 2.45) is 0 Å². The van der Waals surface area contributed by atoms with E-state index >= 15 is 0 Å². The quantitative estimate of drug-likeness (QED) is 0.926. The fourth-order valence-corrected chi connectivity index (χ4v) is 2.83. The molecule has 1 aromatic carbocycles. The average Bonchev–Trinajstić information content (AvgIpc) is 2.82. The van der Waals surface area contributed by atoms with Crippen molar-refractivity contribution in [1.82, 2.24) is 5.32 Å². The molecule has 3 nitrogen and oxygen atoms in total. The highest BCUT2D eigenvalue weighted by molar-refractivity contribution is 9.10. The summed E-state index contributed by atoms with van der Waals surface area (Å²) in [6.45, 7) is 1.08. The van der Waals surface area contributed by atoms with Crippen LogP contribution in [0.25, 0.3) is 0 Å². The molecule has 1 heterocycles. The molecule has 1 aliphatic heterocycles. The average molecular weight is 286 g/mol. The Labute approximate surface area is 104 Å². The van der Waals surface area contributed by atoms with E-state index < -0.39 is 0 Å². The summed E-state index contributed by atoms with van der Waals surface area (Å²) < 4.78 is 11.6. The molecule has 0 saturated carbocycles. The number of benzene rings is 1. The van der Waals surface area contributed by atoms with Gasteiger partial charge in [-0.1, -0.05) is 0 Å². The second kappa shape index (κ2) is 5.06. The molecular formula is C12H16BrNO2. The van der Waals surface area contributed by atoms with Crippen molar-refractivity contribution in [2.75, 3.05) is 20.8 Å². The normalized spacial score (nSPS) is 19.8. The van der Waals surface area contributed by atoms with E-state index in [1.54, 1.807) is 14.2 Å². The van der Waals surface area contributed by atoms with Gasteiger partial charge in [-0.15, -0.1) is 0 Å². The van der Waals surface area contributed by atoms with Gasteiger partial charge in [-0.3, -0.25) is 0 Å². The number of hydrogen-bond donors (Lipinski definition) is 1. The molecule has 1 saturated heterocycles. The van der Waals surface area contributed by atoms with Gasteiger partial charge in [0.05, 0.1) is 14.2 Å². The molecule has 1 aliphatic rings. The number of ether oxygens (including phenoxy) is 2. The van der Waals surface area contributed by atoms with E-state index in [-0.39, 0.29) is 0 Å². The van der Waals surface area contributed by atoms with Crippen molar-refractivity contribution < 1.29 is 9.47 Å². The zero-order valence-electron chi connectivity index (χ0n) is 9.55. The molecule has 2 rings (SSSR count). The van der Waals surface area contributed by atoms with E-state index in [1.165, 1.54) is 12.0 Å². The van der Waals surface area contributed by atoms with Crippen molar-refractivity contribution in [3.8, 4) is 11.5 Å². The molecule has 0 aromatic heterocycles. The van der Waals surface area contributed by atoms with Gasteiger partial charge >= 0.3 is 0 Å². The first-order valence-electron chi connectivity index (χ1n) is 5.41. The predicted molar refractivity (Wildman–Crippen MR) is 67.2 cm³/mol. The van der Waals surface area contributed by atoms with E-state index in [0.717, 1.165) is 28.9 Å². The van der Waals surface area contributed by atoms with Crippen LogP contribution in [0, 0.1) is 0 Å². The molecule has 88 valence electrons. The van der Waals surface area contributed by atoms with Crippen LogP contribution in [0.15, 0.2) is 16.6 Å². The summed E-state index contributed by atoms with van der Waals surface area (Å²) in [7, 11) is 3.35. The zero-order valence-corrected chi connectivity index (χ0v) is 11.1. The van der Waals surface area contributed by atoms with Crippen LogP contribution in [0.1, 0.15) is 24.4 Å². The van der Waals surface area contributed by atoms with Crippen LogP contribution < -0.4 is 14.8 Å². The number of halogens is 1. The standard InChI is InChI=1S/C12H16BrNO2/c1-15-10-6-5-8(9-4-3-7-14-9)12(16-2)11(10)13/h5-6,9,14H,3-4,7H2,1-2H3. The van der Waals surface area contributed by atoms with Crippen LogP contribution in [-0.4, -0.2) is 20.8 Å². The fraction of sp³-hybridized carbons (Fsp3) is 0.500. The molecule has 0 spiro atoms. The van der Waals surface area contributed by atoms with Gasteiger partial charge < -0.3 is 14.8 Å². The monoisotopic (exact) mass is 285 g/mol. The second-order valence-corrected chi connectivity index (χ2v) is 4.65. The van der Waals surface area contributed by atoms with E-state index in [1.807, 2.05) is 6.07 Å². The Morgan fingerprint density at radius 1 is 1.31 bits per heavy atom. The summed E-state index contributed by atoms with van der Waals surface area (Å²) in [5.41, 5.74) is 1.20. The zero-order chi connectivity index (χ0) is 11.5. The third kappa shape index (κ3) is 2.04. The topological polar surface area (TPSA) is 30.5 Å². The molecule has 0 bridgehead atoms. The van der Waals surface area contributed by atoms with Crippen LogP contribution in [0.3, 0.4) is 0 Å². The Morgan fingerprint density at radius 2 is 2.12 bits per heavy atom. The Kier molecular flexibility index (Phi) is 3.71. The van der Waals surface area contributed by atoms with Crippen molar-refractivity contribution in [3.63, 3.8) is 0 Å². The minimum Gasteiger partial charge on any atom is -0.495 e. The molecule has 1 N–H and O–H groups in total. The maximum atomic E-state index is 5.46. The minimum atomic E-state index is 0.400. The van der Waals surface area contributed by atoms with Crippen molar-refractivity contribution in [1.29, 1.82) is 0 Å². The lowest BCUT2D eigenvalue weighted by Gasteiger charge is -2.17. The van der Waals surface area contributed by atoms with Crippen molar-refractivity contribution in [2.45, 2.75) is 18.9 Å². The second-order valence-electron chi connectivity index (χ2n) is 3.85. The summed E-state index contributed by atoms with van der Waals surface area (Å²) in [6, 6.07) is 4.45. The Balaban J connectivity index is 2.40. The summed E-state index contributed by atoms with van der Waals surface area (Å²) >= 11 is 3.52. The lowest BCUT2D eigenvalue weighted by Crippen LogP contribution is -2.14. The third-order valence-corrected chi connectivity index (χ3v) is 3.70. The molecule has 1 fully saturated rings. The van der Waals surface area contributed by atoms with Gasteiger partial charge in [0, 0.05) is 11.6 Å². The van der Waals surface area contributed by atoms with Gasteiger partial charge in [0.1, 0.15) is 16.0 Å². The number of rotatable bonds is 3. The van der Waals surface area contributed by atoms with Crippen LogP contribution in [0.2, 0.25) is 0 Å². The number of nitrogens with one attached hydrogen (secondary N) is 1. The van der Waals surface area contributed by atoms with Crippen LogP contribution in [0.5, 0.6) is 11.5 Å². The maximum absolute atomic E-state index is 5.46. The Hall–Kier alpha value is -0.740. The lowest BCUT2D eigenvalue weighted by atomic mass is 10.0. The molecule has 0 aliphatic carbocycles. The molecule has 1 aromatic rings. The molecule has 4 heteroatoms. The highest BCUT2D eigenvalue weighted by Gasteiger charge is 2.22. The first kappa shape index (κ1) is 11.7. The van der Waals surface area contributed by atoms with Gasteiger partial charge in [-0.25, -0.2) is 0 Å². The molecule has 1 atom stereocenters. The lowest BCUT2D eigenvalue weighted by molar-refractivity contribution is 0.382. The van der Waals surface area contributed by atoms with Gasteiger partial charge in [0.15, 0.2) is 0 Å². The third-order valence-electron chi connectivity index (χ3n) is 2.95. The first-order chi connectivity index (χ1) is 7.77. The largest absolute Gasteiger partial charge is 0.495 e. The van der Waals surface area contributed by atoms with Gasteiger partial charge in [0.25, 0.3) is 0 Å². The SMILES string of the molecule is COc1ccc(C2CCCN2)c(OC)c1Br. The van der Waals surface area contributed by atoms with Crippen molar-refractivity contribution >= 4 is 15.9 Å². The summed E-state index contributed by atoms with van der Waals surface area (Å²) in [5.74, 6) is 1.68. The molecular weight excluding hydrogens is 270 g/mol. The highest BCUT2D eigenvalue weighted by atomic mass is 79.9. The molecule has 0 radical (unpaired) electrons.